The lowest BCUT2D eigenvalue weighted by Gasteiger charge is -2.32. The van der Waals surface area contributed by atoms with Gasteiger partial charge in [-0.25, -0.2) is 15.0 Å². The Morgan fingerprint density at radius 2 is 1.79 bits per heavy atom. The molecule has 0 aliphatic carbocycles. The predicted molar refractivity (Wildman–Crippen MR) is 114 cm³/mol. The monoisotopic (exact) mass is 373 g/mol. The molecule has 3 heterocycles. The van der Waals surface area contributed by atoms with Crippen molar-refractivity contribution in [3.05, 3.63) is 76.9 Å². The zero-order valence-electron chi connectivity index (χ0n) is 16.9. The number of pyridine rings is 1. The average molecular weight is 374 g/mol. The van der Waals surface area contributed by atoms with Crippen LogP contribution in [0.4, 0.5) is 11.6 Å². The first-order valence-electron chi connectivity index (χ1n) is 9.93. The minimum Gasteiger partial charge on any atom is -0.355 e. The highest BCUT2D eigenvalue weighted by Crippen LogP contribution is 2.28. The normalized spacial score (nSPS) is 13.3. The maximum absolute atomic E-state index is 4.63. The van der Waals surface area contributed by atoms with Crippen molar-refractivity contribution in [1.82, 2.24) is 15.0 Å². The van der Waals surface area contributed by atoms with Crippen LogP contribution >= 0.6 is 0 Å². The number of nitrogens with zero attached hydrogens (tertiary/aromatic N) is 5. The van der Waals surface area contributed by atoms with E-state index in [0.717, 1.165) is 49.8 Å². The molecular formula is C23H27N5. The number of aromatic nitrogens is 3. The van der Waals surface area contributed by atoms with E-state index in [4.69, 9.17) is 0 Å². The molecule has 0 atom stereocenters. The van der Waals surface area contributed by atoms with Crippen LogP contribution in [-0.4, -0.2) is 28.5 Å². The number of hydrogen-bond acceptors (Lipinski definition) is 5. The Balaban J connectivity index is 1.56. The summed E-state index contributed by atoms with van der Waals surface area (Å²) in [4.78, 5) is 18.3. The van der Waals surface area contributed by atoms with Crippen LogP contribution < -0.4 is 9.80 Å². The van der Waals surface area contributed by atoms with Crippen molar-refractivity contribution in [2.75, 3.05) is 23.4 Å². The molecule has 1 aliphatic heterocycles. The molecule has 1 aromatic carbocycles. The second-order valence-corrected chi connectivity index (χ2v) is 7.51. The number of hydrogen-bond donors (Lipinski definition) is 0. The summed E-state index contributed by atoms with van der Waals surface area (Å²) in [6.07, 6.45) is 5.61. The fraction of sp³-hybridized carbons (Fsp3) is 0.348. The lowest BCUT2D eigenvalue weighted by Crippen LogP contribution is -2.33. The second kappa shape index (κ2) is 7.97. The molecule has 0 unspecified atom stereocenters. The van der Waals surface area contributed by atoms with E-state index >= 15 is 0 Å². The van der Waals surface area contributed by atoms with Crippen LogP contribution in [0.5, 0.6) is 0 Å². The van der Waals surface area contributed by atoms with Crippen LogP contribution in [0.3, 0.4) is 0 Å². The van der Waals surface area contributed by atoms with Crippen LogP contribution in [0.25, 0.3) is 0 Å². The Kier molecular flexibility index (Phi) is 5.24. The van der Waals surface area contributed by atoms with Gasteiger partial charge in [0.05, 0.1) is 5.69 Å². The fourth-order valence-corrected chi connectivity index (χ4v) is 3.73. The maximum atomic E-state index is 4.63. The second-order valence-electron chi connectivity index (χ2n) is 7.51. The number of benzene rings is 1. The van der Waals surface area contributed by atoms with Crippen LogP contribution in [0, 0.1) is 6.92 Å². The van der Waals surface area contributed by atoms with Gasteiger partial charge in [0.1, 0.15) is 18.0 Å². The lowest BCUT2D eigenvalue weighted by molar-refractivity contribution is 0.690. The molecule has 5 heteroatoms. The summed E-state index contributed by atoms with van der Waals surface area (Å²) in [7, 11) is 2.11. The van der Waals surface area contributed by atoms with Crippen LogP contribution in [0.1, 0.15) is 34.9 Å². The summed E-state index contributed by atoms with van der Waals surface area (Å²) in [5, 5.41) is 0. The average Bonchev–Trinajstić information content (AvgIpc) is 2.74. The Morgan fingerprint density at radius 1 is 1.00 bits per heavy atom. The topological polar surface area (TPSA) is 45.2 Å². The molecule has 0 fully saturated rings. The smallest absolute Gasteiger partial charge is 0.137 e. The van der Waals surface area contributed by atoms with Gasteiger partial charge in [-0.3, -0.25) is 0 Å². The van der Waals surface area contributed by atoms with Gasteiger partial charge in [0.2, 0.25) is 0 Å². The van der Waals surface area contributed by atoms with E-state index in [1.165, 1.54) is 22.3 Å². The minimum absolute atomic E-state index is 0.792. The Hall–Kier alpha value is -2.95. The van der Waals surface area contributed by atoms with Crippen LogP contribution in [0.15, 0.2) is 48.9 Å². The van der Waals surface area contributed by atoms with Gasteiger partial charge in [-0.05, 0) is 36.1 Å². The third-order valence-electron chi connectivity index (χ3n) is 5.41. The third-order valence-corrected chi connectivity index (χ3v) is 5.41. The zero-order chi connectivity index (χ0) is 19.5. The highest BCUT2D eigenvalue weighted by Gasteiger charge is 2.23. The molecule has 0 amide bonds. The number of rotatable bonds is 5. The Morgan fingerprint density at radius 3 is 2.50 bits per heavy atom. The van der Waals surface area contributed by atoms with Crippen molar-refractivity contribution in [3.8, 4) is 0 Å². The minimum atomic E-state index is 0.792. The van der Waals surface area contributed by atoms with Gasteiger partial charge < -0.3 is 9.80 Å². The predicted octanol–water partition coefficient (Wildman–Crippen LogP) is 3.94. The molecule has 0 spiro atoms. The van der Waals surface area contributed by atoms with Crippen molar-refractivity contribution in [2.24, 2.45) is 0 Å². The van der Waals surface area contributed by atoms with Gasteiger partial charge in [-0.15, -0.1) is 0 Å². The molecule has 2 aromatic heterocycles. The maximum Gasteiger partial charge on any atom is 0.137 e. The Labute approximate surface area is 167 Å². The zero-order valence-corrected chi connectivity index (χ0v) is 16.9. The molecule has 5 nitrogen and oxygen atoms in total. The standard InChI is InChI=1S/C23H27N5/c1-4-18-6-8-19(9-7-18)14-27(3)23-20-15-28(12-11-21(20)25-16-26-23)22-10-5-17(2)13-24-22/h5-10,13,16H,4,11-12,14-15H2,1-3H3. The summed E-state index contributed by atoms with van der Waals surface area (Å²) in [5.74, 6) is 2.03. The van der Waals surface area contributed by atoms with Crippen molar-refractivity contribution in [2.45, 2.75) is 39.8 Å². The summed E-state index contributed by atoms with van der Waals surface area (Å²) in [5.41, 5.74) is 6.20. The molecule has 4 rings (SSSR count). The van der Waals surface area contributed by atoms with Gasteiger partial charge in [0, 0.05) is 44.9 Å². The van der Waals surface area contributed by atoms with E-state index in [1.807, 2.05) is 6.20 Å². The van der Waals surface area contributed by atoms with Gasteiger partial charge in [0.15, 0.2) is 0 Å². The van der Waals surface area contributed by atoms with E-state index < -0.39 is 0 Å². The van der Waals surface area contributed by atoms with Crippen molar-refractivity contribution < 1.29 is 0 Å². The molecule has 1 aliphatic rings. The highest BCUT2D eigenvalue weighted by molar-refractivity contribution is 5.53. The van der Waals surface area contributed by atoms with E-state index in [1.54, 1.807) is 6.33 Å². The van der Waals surface area contributed by atoms with E-state index in [0.29, 0.717) is 0 Å². The SMILES string of the molecule is CCc1ccc(CN(C)c2ncnc3c2CN(c2ccc(C)cn2)CC3)cc1. The molecule has 0 radical (unpaired) electrons. The third kappa shape index (κ3) is 3.84. The first-order chi connectivity index (χ1) is 13.6. The fourth-order valence-electron chi connectivity index (χ4n) is 3.73. The molecule has 0 saturated heterocycles. The van der Waals surface area contributed by atoms with E-state index in [9.17, 15) is 0 Å². The first-order valence-corrected chi connectivity index (χ1v) is 9.93. The van der Waals surface area contributed by atoms with E-state index in [2.05, 4.69) is 82.0 Å². The molecule has 144 valence electrons. The number of aryl methyl sites for hydroxylation is 2. The van der Waals surface area contributed by atoms with Crippen LogP contribution in [-0.2, 0) is 25.9 Å². The van der Waals surface area contributed by atoms with E-state index in [-0.39, 0.29) is 0 Å². The van der Waals surface area contributed by atoms with Gasteiger partial charge >= 0.3 is 0 Å². The Bertz CT molecular complexity index is 934. The highest BCUT2D eigenvalue weighted by atomic mass is 15.2. The molecule has 28 heavy (non-hydrogen) atoms. The first kappa shape index (κ1) is 18.4. The van der Waals surface area contributed by atoms with Gasteiger partial charge in [-0.1, -0.05) is 37.3 Å². The quantitative estimate of drug-likeness (QED) is 0.678. The van der Waals surface area contributed by atoms with Crippen molar-refractivity contribution in [3.63, 3.8) is 0 Å². The molecule has 0 bridgehead atoms. The lowest BCUT2D eigenvalue weighted by atomic mass is 10.0. The van der Waals surface area contributed by atoms with Gasteiger partial charge in [-0.2, -0.15) is 0 Å². The summed E-state index contributed by atoms with van der Waals surface area (Å²) in [6.45, 7) is 6.80. The number of anilines is 2. The summed E-state index contributed by atoms with van der Waals surface area (Å²) >= 11 is 0. The number of fused-ring (bicyclic) bond motifs is 1. The molecular weight excluding hydrogens is 346 g/mol. The van der Waals surface area contributed by atoms with Crippen LogP contribution in [0.2, 0.25) is 0 Å². The molecule has 0 saturated carbocycles. The summed E-state index contributed by atoms with van der Waals surface area (Å²) < 4.78 is 0. The largest absolute Gasteiger partial charge is 0.355 e. The molecule has 3 aromatic rings. The summed E-state index contributed by atoms with van der Waals surface area (Å²) in [6, 6.07) is 13.1. The van der Waals surface area contributed by atoms with Crippen molar-refractivity contribution in [1.29, 1.82) is 0 Å². The van der Waals surface area contributed by atoms with Gasteiger partial charge in [0.25, 0.3) is 0 Å². The molecule has 0 N–H and O–H groups in total. The van der Waals surface area contributed by atoms with Crippen molar-refractivity contribution >= 4 is 11.6 Å².